The van der Waals surface area contributed by atoms with Crippen LogP contribution in [-0.4, -0.2) is 48.3 Å². The van der Waals surface area contributed by atoms with Crippen LogP contribution in [0.5, 0.6) is 0 Å². The van der Waals surface area contributed by atoms with Crippen molar-refractivity contribution in [2.45, 2.75) is 12.5 Å². The maximum atomic E-state index is 11.2. The fraction of sp³-hybridized carbons (Fsp3) is 0.667. The third kappa shape index (κ3) is 2.54. The second-order valence-corrected chi connectivity index (χ2v) is 2.98. The summed E-state index contributed by atoms with van der Waals surface area (Å²) in [6, 6.07) is -0.190. The zero-order chi connectivity index (χ0) is 9.68. The Bertz CT molecular complexity index is 193. The van der Waals surface area contributed by atoms with Gasteiger partial charge in [-0.2, -0.15) is 0 Å². The molecular weight excluding hydrogens is 170 g/mol. The van der Waals surface area contributed by atoms with E-state index >= 15 is 0 Å². The molecule has 1 N–H and O–H groups in total. The van der Waals surface area contributed by atoms with Gasteiger partial charge in [-0.05, 0) is 0 Å². The maximum Gasteiger partial charge on any atom is 0.323 e. The lowest BCUT2D eigenvalue weighted by atomic mass is 10.2. The average molecular weight is 185 g/mol. The Morgan fingerprint density at radius 2 is 2.54 bits per heavy atom. The standard InChI is InChI=1S/C9H15NO3/c1-2-4-10(5-6-11)8-3-7-13-9(8)12/h2,8,11H,1,3-7H2. The van der Waals surface area contributed by atoms with E-state index in [0.717, 1.165) is 0 Å². The molecule has 74 valence electrons. The molecule has 0 saturated carbocycles. The van der Waals surface area contributed by atoms with Crippen molar-refractivity contribution in [2.75, 3.05) is 26.3 Å². The minimum Gasteiger partial charge on any atom is -0.464 e. The normalized spacial score (nSPS) is 22.0. The van der Waals surface area contributed by atoms with Gasteiger partial charge >= 0.3 is 5.97 Å². The first kappa shape index (κ1) is 10.2. The van der Waals surface area contributed by atoms with Gasteiger partial charge < -0.3 is 9.84 Å². The zero-order valence-electron chi connectivity index (χ0n) is 7.61. The highest BCUT2D eigenvalue weighted by atomic mass is 16.5. The van der Waals surface area contributed by atoms with Crippen LogP contribution < -0.4 is 0 Å². The molecule has 0 amide bonds. The summed E-state index contributed by atoms with van der Waals surface area (Å²) in [6.07, 6.45) is 2.44. The van der Waals surface area contributed by atoms with E-state index in [1.807, 2.05) is 4.90 Å². The molecule has 1 unspecified atom stereocenters. The molecule has 1 aliphatic rings. The van der Waals surface area contributed by atoms with Gasteiger partial charge in [0.1, 0.15) is 6.04 Å². The molecule has 0 bridgehead atoms. The summed E-state index contributed by atoms with van der Waals surface area (Å²) in [6.45, 7) is 5.25. The van der Waals surface area contributed by atoms with Crippen molar-refractivity contribution in [1.82, 2.24) is 4.90 Å². The van der Waals surface area contributed by atoms with Crippen LogP contribution in [-0.2, 0) is 9.53 Å². The molecule has 0 spiro atoms. The van der Waals surface area contributed by atoms with Gasteiger partial charge in [0.05, 0.1) is 13.2 Å². The van der Waals surface area contributed by atoms with E-state index in [1.165, 1.54) is 0 Å². The number of hydrogen-bond acceptors (Lipinski definition) is 4. The quantitative estimate of drug-likeness (QED) is 0.475. The van der Waals surface area contributed by atoms with Gasteiger partial charge in [-0.1, -0.05) is 6.08 Å². The Balaban J connectivity index is 2.51. The van der Waals surface area contributed by atoms with E-state index in [9.17, 15) is 4.79 Å². The first-order valence-electron chi connectivity index (χ1n) is 4.42. The second kappa shape index (κ2) is 4.99. The molecule has 0 radical (unpaired) electrons. The number of nitrogens with zero attached hydrogens (tertiary/aromatic N) is 1. The van der Waals surface area contributed by atoms with Crippen molar-refractivity contribution in [1.29, 1.82) is 0 Å². The van der Waals surface area contributed by atoms with Crippen LogP contribution in [0.25, 0.3) is 0 Å². The lowest BCUT2D eigenvalue weighted by Crippen LogP contribution is -2.40. The van der Waals surface area contributed by atoms with Crippen molar-refractivity contribution in [3.63, 3.8) is 0 Å². The Morgan fingerprint density at radius 1 is 1.77 bits per heavy atom. The number of ether oxygens (including phenoxy) is 1. The van der Waals surface area contributed by atoms with Crippen molar-refractivity contribution in [2.24, 2.45) is 0 Å². The van der Waals surface area contributed by atoms with E-state index in [1.54, 1.807) is 6.08 Å². The molecule has 0 aromatic carbocycles. The molecule has 0 aromatic heterocycles. The summed E-state index contributed by atoms with van der Waals surface area (Å²) >= 11 is 0. The van der Waals surface area contributed by atoms with E-state index in [-0.39, 0.29) is 18.6 Å². The van der Waals surface area contributed by atoms with Gasteiger partial charge in [-0.15, -0.1) is 6.58 Å². The Kier molecular flexibility index (Phi) is 3.92. The number of cyclic esters (lactones) is 1. The first-order valence-corrected chi connectivity index (χ1v) is 4.42. The number of carbonyl (C=O) groups excluding carboxylic acids is 1. The monoisotopic (exact) mass is 185 g/mol. The fourth-order valence-electron chi connectivity index (χ4n) is 1.49. The van der Waals surface area contributed by atoms with Crippen LogP contribution in [0.15, 0.2) is 12.7 Å². The highest BCUT2D eigenvalue weighted by Gasteiger charge is 2.31. The van der Waals surface area contributed by atoms with Crippen molar-refractivity contribution >= 4 is 5.97 Å². The van der Waals surface area contributed by atoms with Gasteiger partial charge in [-0.25, -0.2) is 0 Å². The Hall–Kier alpha value is -0.870. The Morgan fingerprint density at radius 3 is 3.00 bits per heavy atom. The zero-order valence-corrected chi connectivity index (χ0v) is 7.61. The predicted octanol–water partition coefficient (Wildman–Crippen LogP) is -0.218. The molecule has 0 aliphatic carbocycles. The average Bonchev–Trinajstić information content (AvgIpc) is 2.51. The molecule has 1 aliphatic heterocycles. The molecule has 1 heterocycles. The molecule has 13 heavy (non-hydrogen) atoms. The van der Waals surface area contributed by atoms with Crippen LogP contribution in [0.4, 0.5) is 0 Å². The number of aliphatic hydroxyl groups excluding tert-OH is 1. The van der Waals surface area contributed by atoms with Crippen molar-refractivity contribution < 1.29 is 14.6 Å². The number of hydrogen-bond donors (Lipinski definition) is 1. The highest BCUT2D eigenvalue weighted by Crippen LogP contribution is 2.13. The van der Waals surface area contributed by atoms with Crippen LogP contribution in [0.2, 0.25) is 0 Å². The molecule has 1 fully saturated rings. The molecule has 4 nitrogen and oxygen atoms in total. The van der Waals surface area contributed by atoms with Crippen molar-refractivity contribution in [3.05, 3.63) is 12.7 Å². The number of rotatable bonds is 5. The van der Waals surface area contributed by atoms with Gasteiger partial charge in [0, 0.05) is 19.5 Å². The summed E-state index contributed by atoms with van der Waals surface area (Å²) < 4.78 is 4.84. The van der Waals surface area contributed by atoms with Crippen molar-refractivity contribution in [3.8, 4) is 0 Å². The highest BCUT2D eigenvalue weighted by molar-refractivity contribution is 5.77. The minimum absolute atomic E-state index is 0.0532. The summed E-state index contributed by atoms with van der Waals surface area (Å²) in [5.74, 6) is -0.185. The fourth-order valence-corrected chi connectivity index (χ4v) is 1.49. The molecule has 1 atom stereocenters. The van der Waals surface area contributed by atoms with Gasteiger partial charge in [0.25, 0.3) is 0 Å². The molecule has 0 aromatic rings. The number of carbonyl (C=O) groups is 1. The molecule has 1 saturated heterocycles. The smallest absolute Gasteiger partial charge is 0.323 e. The van der Waals surface area contributed by atoms with E-state index in [0.29, 0.717) is 26.1 Å². The van der Waals surface area contributed by atoms with Gasteiger partial charge in [0.15, 0.2) is 0 Å². The summed E-state index contributed by atoms with van der Waals surface area (Å²) in [4.78, 5) is 13.1. The summed E-state index contributed by atoms with van der Waals surface area (Å²) in [7, 11) is 0. The molecular formula is C9H15NO3. The lowest BCUT2D eigenvalue weighted by molar-refractivity contribution is -0.142. The van der Waals surface area contributed by atoms with E-state index in [2.05, 4.69) is 6.58 Å². The van der Waals surface area contributed by atoms with Crippen LogP contribution >= 0.6 is 0 Å². The summed E-state index contributed by atoms with van der Waals surface area (Å²) in [5, 5.41) is 8.78. The van der Waals surface area contributed by atoms with E-state index in [4.69, 9.17) is 9.84 Å². The van der Waals surface area contributed by atoms with E-state index < -0.39 is 0 Å². The predicted molar refractivity (Wildman–Crippen MR) is 48.2 cm³/mol. The largest absolute Gasteiger partial charge is 0.464 e. The molecule has 1 rings (SSSR count). The SMILES string of the molecule is C=CCN(CCO)C1CCOC1=O. The topological polar surface area (TPSA) is 49.8 Å². The van der Waals surface area contributed by atoms with Gasteiger partial charge in [-0.3, -0.25) is 9.69 Å². The summed E-state index contributed by atoms with van der Waals surface area (Å²) in [5.41, 5.74) is 0. The number of aliphatic hydroxyl groups is 1. The second-order valence-electron chi connectivity index (χ2n) is 2.98. The lowest BCUT2D eigenvalue weighted by Gasteiger charge is -2.23. The third-order valence-corrected chi connectivity index (χ3v) is 2.10. The van der Waals surface area contributed by atoms with Crippen LogP contribution in [0.1, 0.15) is 6.42 Å². The van der Waals surface area contributed by atoms with Gasteiger partial charge in [0.2, 0.25) is 0 Å². The van der Waals surface area contributed by atoms with Crippen LogP contribution in [0, 0.1) is 0 Å². The maximum absolute atomic E-state index is 11.2. The first-order chi connectivity index (χ1) is 6.29. The third-order valence-electron chi connectivity index (χ3n) is 2.10. The number of esters is 1. The minimum atomic E-state index is -0.190. The van der Waals surface area contributed by atoms with Crippen LogP contribution in [0.3, 0.4) is 0 Å². The Labute approximate surface area is 77.8 Å². The molecule has 4 heteroatoms.